The fourth-order valence-electron chi connectivity index (χ4n) is 1.20. The van der Waals surface area contributed by atoms with Crippen LogP contribution in [0.3, 0.4) is 0 Å². The van der Waals surface area contributed by atoms with Crippen molar-refractivity contribution < 1.29 is 26.7 Å². The Bertz CT molecular complexity index is 489. The average Bonchev–Trinajstić information content (AvgIpc) is 2.25. The van der Waals surface area contributed by atoms with Gasteiger partial charge in [0.2, 0.25) is 0 Å². The number of aldehydes is 1. The van der Waals surface area contributed by atoms with Gasteiger partial charge >= 0.3 is 6.18 Å². The number of carbonyl (C=O) groups is 1. The van der Waals surface area contributed by atoms with E-state index in [1.54, 1.807) is 0 Å². The van der Waals surface area contributed by atoms with Gasteiger partial charge in [0.05, 0.1) is 11.1 Å². The van der Waals surface area contributed by atoms with Gasteiger partial charge in [-0.15, -0.1) is 0 Å². The normalized spacial score (nSPS) is 11.4. The summed E-state index contributed by atoms with van der Waals surface area (Å²) in [7, 11) is 0. The van der Waals surface area contributed by atoms with Gasteiger partial charge in [-0.2, -0.15) is 18.4 Å². The summed E-state index contributed by atoms with van der Waals surface area (Å²) in [6.07, 6.45) is -8.19. The highest BCUT2D eigenvalue weighted by Gasteiger charge is 2.40. The summed E-state index contributed by atoms with van der Waals surface area (Å²) in [6.45, 7) is 0. The van der Waals surface area contributed by atoms with Crippen LogP contribution < -0.4 is 0 Å². The number of alkyl halides is 5. The molecule has 0 aromatic carbocycles. The van der Waals surface area contributed by atoms with Crippen molar-refractivity contribution in [3.63, 3.8) is 0 Å². The van der Waals surface area contributed by atoms with Gasteiger partial charge in [0, 0.05) is 6.20 Å². The van der Waals surface area contributed by atoms with Crippen LogP contribution in [-0.4, -0.2) is 11.3 Å². The van der Waals surface area contributed by atoms with Crippen molar-refractivity contribution in [1.29, 1.82) is 5.26 Å². The van der Waals surface area contributed by atoms with Gasteiger partial charge in [-0.05, 0) is 0 Å². The minimum absolute atomic E-state index is 0.0456. The predicted octanol–water partition coefficient (Wildman–Crippen LogP) is 2.72. The maximum atomic E-state index is 12.5. The van der Waals surface area contributed by atoms with Crippen LogP contribution in [0, 0.1) is 11.3 Å². The van der Waals surface area contributed by atoms with Crippen molar-refractivity contribution in [1.82, 2.24) is 4.98 Å². The first-order chi connectivity index (χ1) is 7.82. The van der Waals surface area contributed by atoms with E-state index in [4.69, 9.17) is 5.26 Å². The van der Waals surface area contributed by atoms with Gasteiger partial charge in [0.25, 0.3) is 6.43 Å². The van der Waals surface area contributed by atoms with Crippen LogP contribution in [-0.2, 0) is 6.18 Å². The second kappa shape index (κ2) is 4.45. The van der Waals surface area contributed by atoms with Crippen LogP contribution >= 0.6 is 0 Å². The van der Waals surface area contributed by atoms with Gasteiger partial charge in [-0.25, -0.2) is 8.78 Å². The van der Waals surface area contributed by atoms with E-state index < -0.39 is 35.0 Å². The molecule has 17 heavy (non-hydrogen) atoms. The van der Waals surface area contributed by atoms with Crippen LogP contribution in [0.4, 0.5) is 22.0 Å². The summed E-state index contributed by atoms with van der Waals surface area (Å²) in [5.41, 5.74) is -5.23. The molecule has 0 spiro atoms. The Kier molecular flexibility index (Phi) is 3.41. The van der Waals surface area contributed by atoms with Crippen LogP contribution in [0.25, 0.3) is 0 Å². The molecule has 0 saturated heterocycles. The molecule has 0 saturated carbocycles. The topological polar surface area (TPSA) is 53.8 Å². The lowest BCUT2D eigenvalue weighted by molar-refractivity contribution is -0.140. The average molecular weight is 250 g/mol. The maximum Gasteiger partial charge on any atom is 0.419 e. The summed E-state index contributed by atoms with van der Waals surface area (Å²) >= 11 is 0. The van der Waals surface area contributed by atoms with Crippen molar-refractivity contribution >= 4 is 6.29 Å². The molecule has 0 atom stereocenters. The molecule has 1 aromatic heterocycles. The van der Waals surface area contributed by atoms with Crippen molar-refractivity contribution in [2.75, 3.05) is 0 Å². The Morgan fingerprint density at radius 1 is 1.41 bits per heavy atom. The third-order valence-electron chi connectivity index (χ3n) is 1.87. The summed E-state index contributed by atoms with van der Waals surface area (Å²) in [4.78, 5) is 13.3. The van der Waals surface area contributed by atoms with Gasteiger partial charge in [-0.1, -0.05) is 0 Å². The van der Waals surface area contributed by atoms with Crippen molar-refractivity contribution in [2.24, 2.45) is 0 Å². The monoisotopic (exact) mass is 250 g/mol. The smallest absolute Gasteiger partial charge is 0.298 e. The first-order valence-electron chi connectivity index (χ1n) is 4.06. The van der Waals surface area contributed by atoms with Crippen molar-refractivity contribution in [3.8, 4) is 6.07 Å². The lowest BCUT2D eigenvalue weighted by Crippen LogP contribution is -2.15. The van der Waals surface area contributed by atoms with Crippen LogP contribution in [0.15, 0.2) is 6.20 Å². The first kappa shape index (κ1) is 13.0. The highest BCUT2D eigenvalue weighted by Crippen LogP contribution is 2.38. The van der Waals surface area contributed by atoms with E-state index in [0.29, 0.717) is 6.20 Å². The van der Waals surface area contributed by atoms with E-state index in [1.165, 1.54) is 0 Å². The second-order valence-electron chi connectivity index (χ2n) is 2.88. The number of hydrogen-bond acceptors (Lipinski definition) is 3. The number of aromatic nitrogens is 1. The Hall–Kier alpha value is -2.04. The quantitative estimate of drug-likeness (QED) is 0.599. The minimum Gasteiger partial charge on any atom is -0.298 e. The van der Waals surface area contributed by atoms with E-state index in [-0.39, 0.29) is 6.29 Å². The zero-order valence-corrected chi connectivity index (χ0v) is 7.92. The Balaban J connectivity index is 3.70. The molecule has 0 amide bonds. The number of nitrogens with zero attached hydrogens (tertiary/aromatic N) is 2. The Labute approximate surface area is 91.5 Å². The van der Waals surface area contributed by atoms with E-state index >= 15 is 0 Å². The number of pyridine rings is 1. The van der Waals surface area contributed by atoms with Crippen LogP contribution in [0.2, 0.25) is 0 Å². The fraction of sp³-hybridized carbons (Fsp3) is 0.222. The third-order valence-corrected chi connectivity index (χ3v) is 1.87. The Morgan fingerprint density at radius 2 is 2.00 bits per heavy atom. The number of rotatable bonds is 2. The lowest BCUT2D eigenvalue weighted by atomic mass is 10.0. The number of hydrogen-bond donors (Lipinski definition) is 0. The zero-order chi connectivity index (χ0) is 13.2. The van der Waals surface area contributed by atoms with Gasteiger partial charge in [-0.3, -0.25) is 9.78 Å². The van der Waals surface area contributed by atoms with E-state index in [2.05, 4.69) is 4.98 Å². The molecular formula is C9H3F5N2O. The zero-order valence-electron chi connectivity index (χ0n) is 7.92. The van der Waals surface area contributed by atoms with Crippen LogP contribution in [0.5, 0.6) is 0 Å². The molecule has 0 radical (unpaired) electrons. The maximum absolute atomic E-state index is 12.5. The molecule has 0 bridgehead atoms. The van der Waals surface area contributed by atoms with Gasteiger partial charge < -0.3 is 0 Å². The molecule has 1 aromatic rings. The largest absolute Gasteiger partial charge is 0.419 e. The predicted molar refractivity (Wildman–Crippen MR) is 44.3 cm³/mol. The van der Waals surface area contributed by atoms with E-state index in [1.807, 2.05) is 0 Å². The minimum atomic E-state index is -5.18. The molecule has 0 N–H and O–H groups in total. The molecule has 1 rings (SSSR count). The van der Waals surface area contributed by atoms with Gasteiger partial charge in [0.15, 0.2) is 6.29 Å². The Morgan fingerprint density at radius 3 is 2.35 bits per heavy atom. The third kappa shape index (κ3) is 2.38. The lowest BCUT2D eigenvalue weighted by Gasteiger charge is -2.13. The number of nitriles is 1. The van der Waals surface area contributed by atoms with Crippen molar-refractivity contribution in [3.05, 3.63) is 28.6 Å². The van der Waals surface area contributed by atoms with Gasteiger partial charge in [0.1, 0.15) is 17.3 Å². The molecule has 90 valence electrons. The fourth-order valence-corrected chi connectivity index (χ4v) is 1.20. The van der Waals surface area contributed by atoms with E-state index in [9.17, 15) is 26.7 Å². The molecule has 1 heterocycles. The second-order valence-corrected chi connectivity index (χ2v) is 2.88. The highest BCUT2D eigenvalue weighted by atomic mass is 19.4. The standard InChI is InChI=1S/C9H3F5N2O/c10-8(11)7-6(9(12,13)14)5(1-15)4(3-17)2-16-7/h2-3,8H. The molecule has 0 aliphatic carbocycles. The van der Waals surface area contributed by atoms with Crippen molar-refractivity contribution in [2.45, 2.75) is 12.6 Å². The molecule has 0 aliphatic heterocycles. The molecule has 3 nitrogen and oxygen atoms in total. The SMILES string of the molecule is N#Cc1c(C=O)cnc(C(F)F)c1C(F)(F)F. The highest BCUT2D eigenvalue weighted by molar-refractivity contribution is 5.79. The van der Waals surface area contributed by atoms with E-state index in [0.717, 1.165) is 6.07 Å². The summed E-state index contributed by atoms with van der Waals surface area (Å²) in [5.74, 6) is 0. The molecule has 8 heteroatoms. The molecule has 0 fully saturated rings. The summed E-state index contributed by atoms with van der Waals surface area (Å²) < 4.78 is 62.3. The molecule has 0 unspecified atom stereocenters. The molecular weight excluding hydrogens is 247 g/mol. The summed E-state index contributed by atoms with van der Waals surface area (Å²) in [5, 5.41) is 8.52. The summed E-state index contributed by atoms with van der Waals surface area (Å²) in [6, 6.07) is 1.09. The number of halogens is 5. The molecule has 0 aliphatic rings. The first-order valence-corrected chi connectivity index (χ1v) is 4.06. The van der Waals surface area contributed by atoms with Crippen LogP contribution in [0.1, 0.15) is 33.6 Å². The number of carbonyl (C=O) groups excluding carboxylic acids is 1.